The molecule has 102 valence electrons. The van der Waals surface area contributed by atoms with Crippen LogP contribution in [0.2, 0.25) is 0 Å². The Morgan fingerprint density at radius 3 is 2.47 bits per heavy atom. The number of carbonyl (C=O) groups is 1. The highest BCUT2D eigenvalue weighted by Gasteiger charge is 2.17. The van der Waals surface area contributed by atoms with Gasteiger partial charge >= 0.3 is 5.97 Å². The largest absolute Gasteiger partial charge is 0.481 e. The third-order valence-electron chi connectivity index (χ3n) is 2.37. The lowest BCUT2D eigenvalue weighted by atomic mass is 10.2. The first-order chi connectivity index (χ1) is 7.90. The first kappa shape index (κ1) is 16.3. The summed E-state index contributed by atoms with van der Waals surface area (Å²) in [4.78, 5) is 10.3. The molecule has 6 nitrogen and oxygen atoms in total. The summed E-state index contributed by atoms with van der Waals surface area (Å²) in [6.45, 7) is 2.48. The highest BCUT2D eigenvalue weighted by molar-refractivity contribution is 7.87. The molecule has 0 bridgehead atoms. The Hall–Kier alpha value is -0.660. The minimum absolute atomic E-state index is 0.0143. The van der Waals surface area contributed by atoms with Gasteiger partial charge in [-0.15, -0.1) is 0 Å². The Kier molecular flexibility index (Phi) is 8.11. The Bertz CT molecular complexity index is 316. The number of carboxylic acids is 1. The van der Waals surface area contributed by atoms with E-state index in [0.717, 1.165) is 30.0 Å². The molecule has 0 aliphatic rings. The van der Waals surface area contributed by atoms with Crippen LogP contribution in [0.15, 0.2) is 0 Å². The zero-order chi connectivity index (χ0) is 13.3. The van der Waals surface area contributed by atoms with Crippen LogP contribution in [0.3, 0.4) is 0 Å². The molecule has 0 atom stereocenters. The van der Waals surface area contributed by atoms with Gasteiger partial charge in [0.1, 0.15) is 0 Å². The van der Waals surface area contributed by atoms with E-state index < -0.39 is 16.2 Å². The van der Waals surface area contributed by atoms with Gasteiger partial charge in [0.05, 0.1) is 6.42 Å². The van der Waals surface area contributed by atoms with Crippen molar-refractivity contribution in [1.82, 2.24) is 9.03 Å². The smallest absolute Gasteiger partial charge is 0.304 e. The number of unbranched alkanes of at least 4 members (excludes halogenated alkanes) is 3. The van der Waals surface area contributed by atoms with Crippen molar-refractivity contribution in [2.75, 3.05) is 20.1 Å². The number of hydrogen-bond donors (Lipinski definition) is 2. The molecule has 0 radical (unpaired) electrons. The van der Waals surface area contributed by atoms with E-state index >= 15 is 0 Å². The highest BCUT2D eigenvalue weighted by Crippen LogP contribution is 2.00. The number of hydrogen-bond acceptors (Lipinski definition) is 3. The molecule has 0 spiro atoms. The average Bonchev–Trinajstić information content (AvgIpc) is 2.25. The van der Waals surface area contributed by atoms with E-state index in [1.807, 2.05) is 0 Å². The molecule has 7 heteroatoms. The number of nitrogens with one attached hydrogen (secondary N) is 1. The van der Waals surface area contributed by atoms with Crippen molar-refractivity contribution in [3.63, 3.8) is 0 Å². The topological polar surface area (TPSA) is 86.7 Å². The van der Waals surface area contributed by atoms with Gasteiger partial charge in [0.15, 0.2) is 0 Å². The van der Waals surface area contributed by atoms with Crippen molar-refractivity contribution in [2.24, 2.45) is 0 Å². The molecule has 2 N–H and O–H groups in total. The van der Waals surface area contributed by atoms with Gasteiger partial charge in [0.2, 0.25) is 0 Å². The monoisotopic (exact) mass is 266 g/mol. The molecular weight excluding hydrogens is 244 g/mol. The summed E-state index contributed by atoms with van der Waals surface area (Å²) >= 11 is 0. The zero-order valence-corrected chi connectivity index (χ0v) is 11.3. The summed E-state index contributed by atoms with van der Waals surface area (Å²) < 4.78 is 26.7. The van der Waals surface area contributed by atoms with Gasteiger partial charge < -0.3 is 5.11 Å². The molecule has 0 aliphatic carbocycles. The van der Waals surface area contributed by atoms with Crippen LogP contribution in [0.25, 0.3) is 0 Å². The second kappa shape index (κ2) is 8.43. The lowest BCUT2D eigenvalue weighted by molar-refractivity contribution is -0.137. The molecule has 0 fully saturated rings. The van der Waals surface area contributed by atoms with E-state index in [2.05, 4.69) is 11.6 Å². The Morgan fingerprint density at radius 2 is 1.94 bits per heavy atom. The fourth-order valence-corrected chi connectivity index (χ4v) is 2.19. The van der Waals surface area contributed by atoms with Crippen molar-refractivity contribution < 1.29 is 18.3 Å². The van der Waals surface area contributed by atoms with Gasteiger partial charge in [-0.25, -0.2) is 4.72 Å². The molecule has 0 aromatic carbocycles. The van der Waals surface area contributed by atoms with Gasteiger partial charge in [0.25, 0.3) is 10.2 Å². The van der Waals surface area contributed by atoms with Crippen molar-refractivity contribution in [2.45, 2.75) is 39.0 Å². The molecule has 0 rings (SSSR count). The van der Waals surface area contributed by atoms with Crippen LogP contribution in [-0.4, -0.2) is 43.9 Å². The Labute approximate surface area is 103 Å². The SMILES string of the molecule is CCCCCCNS(=O)(=O)N(C)CCC(=O)O. The predicted molar refractivity (Wildman–Crippen MR) is 65.9 cm³/mol. The average molecular weight is 266 g/mol. The van der Waals surface area contributed by atoms with Crippen LogP contribution >= 0.6 is 0 Å². The van der Waals surface area contributed by atoms with Gasteiger partial charge in [-0.2, -0.15) is 12.7 Å². The minimum atomic E-state index is -3.52. The van der Waals surface area contributed by atoms with E-state index in [1.165, 1.54) is 7.05 Å². The second-order valence-electron chi connectivity index (χ2n) is 3.93. The van der Waals surface area contributed by atoms with Crippen molar-refractivity contribution >= 4 is 16.2 Å². The van der Waals surface area contributed by atoms with Gasteiger partial charge in [-0.3, -0.25) is 4.79 Å². The number of rotatable bonds is 10. The molecule has 17 heavy (non-hydrogen) atoms. The van der Waals surface area contributed by atoms with Crippen LogP contribution in [0.4, 0.5) is 0 Å². The summed E-state index contributed by atoms with van der Waals surface area (Å²) in [7, 11) is -2.15. The maximum absolute atomic E-state index is 11.6. The van der Waals surface area contributed by atoms with Gasteiger partial charge in [0, 0.05) is 20.1 Å². The Morgan fingerprint density at radius 1 is 1.29 bits per heavy atom. The summed E-state index contributed by atoms with van der Waals surface area (Å²) in [6, 6.07) is 0. The third-order valence-corrected chi connectivity index (χ3v) is 3.94. The minimum Gasteiger partial charge on any atom is -0.481 e. The fraction of sp³-hybridized carbons (Fsp3) is 0.900. The van der Waals surface area contributed by atoms with Crippen molar-refractivity contribution in [3.8, 4) is 0 Å². The zero-order valence-electron chi connectivity index (χ0n) is 10.5. The maximum atomic E-state index is 11.6. The Balaban J connectivity index is 3.89. The molecule has 0 amide bonds. The number of nitrogens with zero attached hydrogens (tertiary/aromatic N) is 1. The van der Waals surface area contributed by atoms with E-state index in [0.29, 0.717) is 6.54 Å². The van der Waals surface area contributed by atoms with E-state index in [4.69, 9.17) is 5.11 Å². The first-order valence-corrected chi connectivity index (χ1v) is 7.27. The second-order valence-corrected chi connectivity index (χ2v) is 5.79. The van der Waals surface area contributed by atoms with Crippen LogP contribution in [0.1, 0.15) is 39.0 Å². The standard InChI is InChI=1S/C10H22N2O4S/c1-3-4-5-6-8-11-17(15,16)12(2)9-7-10(13)14/h11H,3-9H2,1-2H3,(H,13,14). The van der Waals surface area contributed by atoms with Crippen LogP contribution in [-0.2, 0) is 15.0 Å². The first-order valence-electron chi connectivity index (χ1n) is 5.83. The lowest BCUT2D eigenvalue weighted by Crippen LogP contribution is -2.39. The van der Waals surface area contributed by atoms with Crippen molar-refractivity contribution in [3.05, 3.63) is 0 Å². The summed E-state index contributed by atoms with van der Waals surface area (Å²) in [5.41, 5.74) is 0. The van der Waals surface area contributed by atoms with E-state index in [1.54, 1.807) is 0 Å². The number of carboxylic acid groups (broad SMARTS) is 1. The van der Waals surface area contributed by atoms with Crippen molar-refractivity contribution in [1.29, 1.82) is 0 Å². The molecule has 0 saturated heterocycles. The van der Waals surface area contributed by atoms with Crippen LogP contribution < -0.4 is 4.72 Å². The highest BCUT2D eigenvalue weighted by atomic mass is 32.2. The quantitative estimate of drug-likeness (QED) is 0.573. The third kappa shape index (κ3) is 8.12. The molecule has 0 saturated carbocycles. The van der Waals surface area contributed by atoms with Gasteiger partial charge in [-0.1, -0.05) is 26.2 Å². The maximum Gasteiger partial charge on any atom is 0.304 e. The molecule has 0 aliphatic heterocycles. The molecule has 0 unspecified atom stereocenters. The summed E-state index contributed by atoms with van der Waals surface area (Å²) in [5.74, 6) is -1.00. The van der Waals surface area contributed by atoms with Crippen LogP contribution in [0, 0.1) is 0 Å². The normalized spacial score (nSPS) is 11.9. The number of aliphatic carboxylic acids is 1. The van der Waals surface area contributed by atoms with Crippen LogP contribution in [0.5, 0.6) is 0 Å². The predicted octanol–water partition coefficient (Wildman–Crippen LogP) is 0.808. The molecular formula is C10H22N2O4S. The molecule has 0 aromatic heterocycles. The molecule has 0 aromatic rings. The summed E-state index contributed by atoms with van der Waals surface area (Å²) in [6.07, 6.45) is 3.81. The van der Waals surface area contributed by atoms with Gasteiger partial charge in [-0.05, 0) is 6.42 Å². The molecule has 0 heterocycles. The van der Waals surface area contributed by atoms with E-state index in [9.17, 15) is 13.2 Å². The summed E-state index contributed by atoms with van der Waals surface area (Å²) in [5, 5.41) is 8.46. The fourth-order valence-electron chi connectivity index (χ4n) is 1.24. The lowest BCUT2D eigenvalue weighted by Gasteiger charge is -2.16. The van der Waals surface area contributed by atoms with E-state index in [-0.39, 0.29) is 13.0 Å².